The van der Waals surface area contributed by atoms with E-state index in [4.69, 9.17) is 0 Å². The van der Waals surface area contributed by atoms with Gasteiger partial charge in [-0.05, 0) is 24.1 Å². The van der Waals surface area contributed by atoms with E-state index >= 15 is 0 Å². The monoisotopic (exact) mass is 257 g/mol. The van der Waals surface area contributed by atoms with Crippen LogP contribution in [0, 0.1) is 0 Å². The molecule has 1 saturated heterocycles. The van der Waals surface area contributed by atoms with E-state index in [2.05, 4.69) is 35.4 Å². The molecule has 19 heavy (non-hydrogen) atoms. The van der Waals surface area contributed by atoms with Crippen LogP contribution in [0.25, 0.3) is 10.9 Å². The van der Waals surface area contributed by atoms with E-state index in [9.17, 15) is 4.79 Å². The number of H-pyrrole nitrogens is 1. The van der Waals surface area contributed by atoms with Crippen molar-refractivity contribution in [2.75, 3.05) is 26.2 Å². The molecule has 100 valence electrons. The van der Waals surface area contributed by atoms with Gasteiger partial charge >= 0.3 is 0 Å². The van der Waals surface area contributed by atoms with Gasteiger partial charge in [-0.1, -0.05) is 13.0 Å². The summed E-state index contributed by atoms with van der Waals surface area (Å²) in [4.78, 5) is 17.7. The first-order chi connectivity index (χ1) is 9.29. The summed E-state index contributed by atoms with van der Waals surface area (Å²) >= 11 is 0. The Bertz CT molecular complexity index is 596. The molecule has 2 N–H and O–H groups in total. The van der Waals surface area contributed by atoms with Gasteiger partial charge in [0, 0.05) is 43.3 Å². The highest BCUT2D eigenvalue weighted by atomic mass is 16.2. The third-order valence-corrected chi connectivity index (χ3v) is 3.79. The average molecular weight is 257 g/mol. The van der Waals surface area contributed by atoms with Crippen molar-refractivity contribution in [1.82, 2.24) is 15.2 Å². The Balaban J connectivity index is 1.97. The van der Waals surface area contributed by atoms with Crippen molar-refractivity contribution in [1.29, 1.82) is 0 Å². The van der Waals surface area contributed by atoms with Crippen molar-refractivity contribution in [2.24, 2.45) is 0 Å². The maximum Gasteiger partial charge on any atom is 0.256 e. The molecule has 1 aromatic heterocycles. The molecule has 0 aliphatic carbocycles. The molecule has 0 unspecified atom stereocenters. The second kappa shape index (κ2) is 5.05. The van der Waals surface area contributed by atoms with Crippen molar-refractivity contribution in [3.8, 4) is 0 Å². The fourth-order valence-corrected chi connectivity index (χ4v) is 2.60. The standard InChI is InChI=1S/C15H19N3O/c1-2-11-3-4-14-12(9-11)13(10-17-14)15(19)18-7-5-16-6-8-18/h3-4,9-10,16-17H,2,5-8H2,1H3. The number of aromatic nitrogens is 1. The highest BCUT2D eigenvalue weighted by Crippen LogP contribution is 2.21. The first kappa shape index (κ1) is 12.2. The lowest BCUT2D eigenvalue weighted by Crippen LogP contribution is -2.46. The van der Waals surface area contributed by atoms with Crippen molar-refractivity contribution in [3.63, 3.8) is 0 Å². The number of hydrogen-bond acceptors (Lipinski definition) is 2. The quantitative estimate of drug-likeness (QED) is 0.861. The number of nitrogens with one attached hydrogen (secondary N) is 2. The second-order valence-electron chi connectivity index (χ2n) is 4.98. The molecule has 0 bridgehead atoms. The average Bonchev–Trinajstić information content (AvgIpc) is 2.90. The minimum atomic E-state index is 0.140. The van der Waals surface area contributed by atoms with Gasteiger partial charge in [-0.3, -0.25) is 4.79 Å². The van der Waals surface area contributed by atoms with E-state index < -0.39 is 0 Å². The Morgan fingerprint density at radius 3 is 2.84 bits per heavy atom. The summed E-state index contributed by atoms with van der Waals surface area (Å²) in [6.45, 7) is 5.48. The van der Waals surface area contributed by atoms with Gasteiger partial charge in [0.05, 0.1) is 5.56 Å². The van der Waals surface area contributed by atoms with E-state index in [0.717, 1.165) is 49.1 Å². The normalized spacial score (nSPS) is 15.9. The minimum absolute atomic E-state index is 0.140. The first-order valence-electron chi connectivity index (χ1n) is 6.89. The fourth-order valence-electron chi connectivity index (χ4n) is 2.60. The molecule has 4 heteroatoms. The molecule has 2 aromatic rings. The Morgan fingerprint density at radius 1 is 1.32 bits per heavy atom. The van der Waals surface area contributed by atoms with Crippen molar-refractivity contribution in [3.05, 3.63) is 35.5 Å². The molecule has 2 heterocycles. The third-order valence-electron chi connectivity index (χ3n) is 3.79. The Hall–Kier alpha value is -1.81. The fraction of sp³-hybridized carbons (Fsp3) is 0.400. The third kappa shape index (κ3) is 2.24. The van der Waals surface area contributed by atoms with Crippen LogP contribution in [-0.4, -0.2) is 42.0 Å². The predicted octanol–water partition coefficient (Wildman–Crippen LogP) is 1.78. The zero-order valence-electron chi connectivity index (χ0n) is 11.2. The van der Waals surface area contributed by atoms with Crippen LogP contribution in [-0.2, 0) is 6.42 Å². The molecule has 1 aromatic carbocycles. The molecule has 1 aliphatic rings. The molecular weight excluding hydrogens is 238 g/mol. The molecule has 4 nitrogen and oxygen atoms in total. The van der Waals surface area contributed by atoms with Gasteiger partial charge in [-0.15, -0.1) is 0 Å². The van der Waals surface area contributed by atoms with Crippen LogP contribution < -0.4 is 5.32 Å². The number of hydrogen-bond donors (Lipinski definition) is 2. The molecule has 1 fully saturated rings. The zero-order valence-corrected chi connectivity index (χ0v) is 11.2. The first-order valence-corrected chi connectivity index (χ1v) is 6.89. The maximum atomic E-state index is 12.6. The van der Waals surface area contributed by atoms with Crippen molar-refractivity contribution in [2.45, 2.75) is 13.3 Å². The highest BCUT2D eigenvalue weighted by Gasteiger charge is 2.20. The van der Waals surface area contributed by atoms with E-state index in [0.29, 0.717) is 0 Å². The van der Waals surface area contributed by atoms with Gasteiger partial charge in [0.2, 0.25) is 0 Å². The van der Waals surface area contributed by atoms with Gasteiger partial charge < -0.3 is 15.2 Å². The number of piperazine rings is 1. The number of aromatic amines is 1. The van der Waals surface area contributed by atoms with Crippen LogP contribution in [0.2, 0.25) is 0 Å². The second-order valence-corrected chi connectivity index (χ2v) is 4.98. The summed E-state index contributed by atoms with van der Waals surface area (Å²) in [5.74, 6) is 0.140. The Morgan fingerprint density at radius 2 is 2.11 bits per heavy atom. The van der Waals surface area contributed by atoms with Gasteiger partial charge in [-0.2, -0.15) is 0 Å². The van der Waals surface area contributed by atoms with Crippen LogP contribution in [0.4, 0.5) is 0 Å². The number of amides is 1. The summed E-state index contributed by atoms with van der Waals surface area (Å²) < 4.78 is 0. The van der Waals surface area contributed by atoms with Crippen LogP contribution >= 0.6 is 0 Å². The van der Waals surface area contributed by atoms with Gasteiger partial charge in [0.15, 0.2) is 0 Å². The summed E-state index contributed by atoms with van der Waals surface area (Å²) in [5, 5.41) is 4.31. The van der Waals surface area contributed by atoms with Crippen molar-refractivity contribution >= 4 is 16.8 Å². The summed E-state index contributed by atoms with van der Waals surface area (Å²) in [5.41, 5.74) is 3.10. The van der Waals surface area contributed by atoms with Crippen LogP contribution in [0.1, 0.15) is 22.8 Å². The highest BCUT2D eigenvalue weighted by molar-refractivity contribution is 6.06. The number of carbonyl (C=O) groups is 1. The topological polar surface area (TPSA) is 48.1 Å². The smallest absolute Gasteiger partial charge is 0.256 e. The summed E-state index contributed by atoms with van der Waals surface area (Å²) in [6, 6.07) is 6.29. The predicted molar refractivity (Wildman–Crippen MR) is 76.4 cm³/mol. The molecule has 1 aliphatic heterocycles. The lowest BCUT2D eigenvalue weighted by molar-refractivity contribution is 0.0738. The zero-order chi connectivity index (χ0) is 13.2. The number of benzene rings is 1. The van der Waals surface area contributed by atoms with E-state index in [1.807, 2.05) is 11.1 Å². The summed E-state index contributed by atoms with van der Waals surface area (Å²) in [7, 11) is 0. The minimum Gasteiger partial charge on any atom is -0.360 e. The number of nitrogens with zero attached hydrogens (tertiary/aromatic N) is 1. The molecule has 0 saturated carbocycles. The lowest BCUT2D eigenvalue weighted by atomic mass is 10.1. The van der Waals surface area contributed by atoms with Crippen molar-refractivity contribution < 1.29 is 4.79 Å². The van der Waals surface area contributed by atoms with Gasteiger partial charge in [0.25, 0.3) is 5.91 Å². The van der Waals surface area contributed by atoms with Crippen LogP contribution in [0.5, 0.6) is 0 Å². The molecule has 0 atom stereocenters. The van der Waals surface area contributed by atoms with Gasteiger partial charge in [-0.25, -0.2) is 0 Å². The van der Waals surface area contributed by atoms with Crippen LogP contribution in [0.3, 0.4) is 0 Å². The maximum absolute atomic E-state index is 12.6. The number of rotatable bonds is 2. The van der Waals surface area contributed by atoms with E-state index in [-0.39, 0.29) is 5.91 Å². The lowest BCUT2D eigenvalue weighted by Gasteiger charge is -2.27. The summed E-state index contributed by atoms with van der Waals surface area (Å²) in [6.07, 6.45) is 2.83. The molecule has 3 rings (SSSR count). The van der Waals surface area contributed by atoms with Crippen LogP contribution in [0.15, 0.2) is 24.4 Å². The number of carbonyl (C=O) groups excluding carboxylic acids is 1. The molecule has 1 amide bonds. The Kier molecular flexibility index (Phi) is 3.25. The van der Waals surface area contributed by atoms with Gasteiger partial charge in [0.1, 0.15) is 0 Å². The van der Waals surface area contributed by atoms with E-state index in [1.165, 1.54) is 5.56 Å². The molecule has 0 spiro atoms. The molecule has 0 radical (unpaired) electrons. The van der Waals surface area contributed by atoms with E-state index in [1.54, 1.807) is 0 Å². The number of aryl methyl sites for hydroxylation is 1. The largest absolute Gasteiger partial charge is 0.360 e. The number of fused-ring (bicyclic) bond motifs is 1. The SMILES string of the molecule is CCc1ccc2[nH]cc(C(=O)N3CCNCC3)c2c1. The Labute approximate surface area is 112 Å². The molecular formula is C15H19N3O.